The summed E-state index contributed by atoms with van der Waals surface area (Å²) >= 11 is 0. The maximum absolute atomic E-state index is 12.2. The molecule has 1 saturated heterocycles. The zero-order valence-electron chi connectivity index (χ0n) is 15.9. The van der Waals surface area contributed by atoms with Gasteiger partial charge in [-0.3, -0.25) is 9.69 Å². The molecule has 2 aliphatic heterocycles. The van der Waals surface area contributed by atoms with Gasteiger partial charge in [0.15, 0.2) is 6.10 Å². The van der Waals surface area contributed by atoms with Crippen LogP contribution in [0.3, 0.4) is 0 Å². The standard InChI is InChI=1S/C20H26N4O3/c1-21-18(25)17-14-24-12-9-22-19(24)20(27-17)7-10-23(11-8-20)13-15-3-5-16(26-2)6-4-15/h3-6,9,12,17H,7-8,10-11,13-14H2,1-2H3,(H,21,25)/t17-/m1/s1. The first-order valence-electron chi connectivity index (χ1n) is 9.40. The van der Waals surface area contributed by atoms with Gasteiger partial charge < -0.3 is 19.4 Å². The molecule has 0 unspecified atom stereocenters. The van der Waals surface area contributed by atoms with E-state index in [0.717, 1.165) is 44.0 Å². The normalized spacial score (nSPS) is 21.6. The van der Waals surface area contributed by atoms with Crippen molar-refractivity contribution in [1.82, 2.24) is 19.8 Å². The number of amides is 1. The van der Waals surface area contributed by atoms with Gasteiger partial charge in [0.25, 0.3) is 5.91 Å². The second-order valence-electron chi connectivity index (χ2n) is 7.24. The largest absolute Gasteiger partial charge is 0.497 e. The summed E-state index contributed by atoms with van der Waals surface area (Å²) in [7, 11) is 3.33. The van der Waals surface area contributed by atoms with Gasteiger partial charge in [-0.25, -0.2) is 4.98 Å². The summed E-state index contributed by atoms with van der Waals surface area (Å²) in [4.78, 5) is 19.2. The molecule has 1 fully saturated rings. The molecule has 3 heterocycles. The first-order valence-corrected chi connectivity index (χ1v) is 9.40. The third-order valence-corrected chi connectivity index (χ3v) is 5.62. The summed E-state index contributed by atoms with van der Waals surface area (Å²) in [5, 5.41) is 2.71. The number of hydrogen-bond donors (Lipinski definition) is 1. The molecule has 2 aromatic rings. The van der Waals surface area contributed by atoms with E-state index < -0.39 is 11.7 Å². The van der Waals surface area contributed by atoms with Crippen LogP contribution in [-0.4, -0.2) is 53.7 Å². The quantitative estimate of drug-likeness (QED) is 0.884. The van der Waals surface area contributed by atoms with Crippen LogP contribution in [0.5, 0.6) is 5.75 Å². The number of likely N-dealkylation sites (tertiary alicyclic amines) is 1. The lowest BCUT2D eigenvalue weighted by atomic mass is 9.88. The van der Waals surface area contributed by atoms with E-state index in [2.05, 4.69) is 31.9 Å². The van der Waals surface area contributed by atoms with Gasteiger partial charge in [0.1, 0.15) is 17.2 Å². The molecule has 2 aliphatic rings. The number of methoxy groups -OCH3 is 1. The smallest absolute Gasteiger partial charge is 0.250 e. The van der Waals surface area contributed by atoms with Crippen LogP contribution in [0.4, 0.5) is 0 Å². The molecular formula is C20H26N4O3. The van der Waals surface area contributed by atoms with E-state index >= 15 is 0 Å². The first kappa shape index (κ1) is 18.0. The van der Waals surface area contributed by atoms with Crippen LogP contribution in [0.1, 0.15) is 24.2 Å². The van der Waals surface area contributed by atoms with E-state index in [1.54, 1.807) is 20.4 Å². The Labute approximate surface area is 159 Å². The Balaban J connectivity index is 1.46. The summed E-state index contributed by atoms with van der Waals surface area (Å²) in [6.45, 7) is 3.22. The van der Waals surface area contributed by atoms with Crippen molar-refractivity contribution in [2.75, 3.05) is 27.2 Å². The topological polar surface area (TPSA) is 68.6 Å². The Morgan fingerprint density at radius 2 is 2.07 bits per heavy atom. The summed E-state index contributed by atoms with van der Waals surface area (Å²) in [5.41, 5.74) is 0.788. The second kappa shape index (κ2) is 7.32. The number of hydrogen-bond acceptors (Lipinski definition) is 5. The molecule has 1 spiro atoms. The fourth-order valence-electron chi connectivity index (χ4n) is 4.10. The number of aromatic nitrogens is 2. The van der Waals surface area contributed by atoms with Crippen molar-refractivity contribution in [1.29, 1.82) is 0 Å². The minimum Gasteiger partial charge on any atom is -0.497 e. The SMILES string of the molecule is CNC(=O)[C@H]1Cn2ccnc2C2(CCN(Cc3ccc(OC)cc3)CC2)O1. The highest BCUT2D eigenvalue weighted by atomic mass is 16.5. The third-order valence-electron chi connectivity index (χ3n) is 5.62. The maximum atomic E-state index is 12.2. The molecule has 1 atom stereocenters. The Morgan fingerprint density at radius 1 is 1.33 bits per heavy atom. The van der Waals surface area contributed by atoms with Crippen LogP contribution < -0.4 is 10.1 Å². The van der Waals surface area contributed by atoms with Crippen LogP contribution in [0.25, 0.3) is 0 Å². The average Bonchev–Trinajstić information content (AvgIpc) is 3.19. The summed E-state index contributed by atoms with van der Waals surface area (Å²) in [6.07, 6.45) is 4.93. The van der Waals surface area contributed by atoms with Crippen LogP contribution in [0.15, 0.2) is 36.7 Å². The summed E-state index contributed by atoms with van der Waals surface area (Å²) in [6, 6.07) is 8.20. The molecule has 0 bridgehead atoms. The third kappa shape index (κ3) is 3.44. The van der Waals surface area contributed by atoms with Gasteiger partial charge in [-0.2, -0.15) is 0 Å². The molecule has 1 aromatic heterocycles. The number of imidazole rings is 1. The molecule has 4 rings (SSSR count). The lowest BCUT2D eigenvalue weighted by Gasteiger charge is -2.45. The Kier molecular flexibility index (Phi) is 4.88. The average molecular weight is 370 g/mol. The number of likely N-dealkylation sites (N-methyl/N-ethyl adjacent to an activating group) is 1. The van der Waals surface area contributed by atoms with Crippen molar-refractivity contribution in [2.24, 2.45) is 0 Å². The molecule has 27 heavy (non-hydrogen) atoms. The predicted octanol–water partition coefficient (Wildman–Crippen LogP) is 1.53. The first-order chi connectivity index (χ1) is 13.1. The Bertz CT molecular complexity index is 794. The number of rotatable bonds is 4. The van der Waals surface area contributed by atoms with Gasteiger partial charge in [0.2, 0.25) is 0 Å². The van der Waals surface area contributed by atoms with Crippen molar-refractivity contribution in [2.45, 2.75) is 37.6 Å². The summed E-state index contributed by atoms with van der Waals surface area (Å²) < 4.78 is 13.6. The molecule has 1 N–H and O–H groups in total. The lowest BCUT2D eigenvalue weighted by Crippen LogP contribution is -2.53. The van der Waals surface area contributed by atoms with Gasteiger partial charge in [-0.1, -0.05) is 12.1 Å². The highest BCUT2D eigenvalue weighted by molar-refractivity contribution is 5.80. The van der Waals surface area contributed by atoms with Gasteiger partial charge in [0.05, 0.1) is 13.7 Å². The van der Waals surface area contributed by atoms with Crippen molar-refractivity contribution in [3.8, 4) is 5.75 Å². The number of ether oxygens (including phenoxy) is 2. The van der Waals surface area contributed by atoms with Crippen molar-refractivity contribution in [3.05, 3.63) is 48.0 Å². The van der Waals surface area contributed by atoms with Crippen LogP contribution in [0.2, 0.25) is 0 Å². The van der Waals surface area contributed by atoms with E-state index in [1.807, 2.05) is 18.3 Å². The monoisotopic (exact) mass is 370 g/mol. The van der Waals surface area contributed by atoms with Crippen molar-refractivity contribution < 1.29 is 14.3 Å². The summed E-state index contributed by atoms with van der Waals surface area (Å²) in [5.74, 6) is 1.75. The lowest BCUT2D eigenvalue weighted by molar-refractivity contribution is -0.173. The molecule has 0 saturated carbocycles. The van der Waals surface area contributed by atoms with E-state index in [-0.39, 0.29) is 5.91 Å². The maximum Gasteiger partial charge on any atom is 0.250 e. The van der Waals surface area contributed by atoms with E-state index in [0.29, 0.717) is 6.54 Å². The van der Waals surface area contributed by atoms with E-state index in [4.69, 9.17) is 9.47 Å². The Morgan fingerprint density at radius 3 is 2.74 bits per heavy atom. The number of fused-ring (bicyclic) bond motifs is 2. The number of benzene rings is 1. The van der Waals surface area contributed by atoms with Gasteiger partial charge >= 0.3 is 0 Å². The fourth-order valence-corrected chi connectivity index (χ4v) is 4.10. The molecule has 0 aliphatic carbocycles. The molecular weight excluding hydrogens is 344 g/mol. The molecule has 0 radical (unpaired) electrons. The van der Waals surface area contributed by atoms with E-state index in [1.165, 1.54) is 5.56 Å². The number of piperidine rings is 1. The van der Waals surface area contributed by atoms with Crippen LogP contribution in [-0.2, 0) is 28.2 Å². The van der Waals surface area contributed by atoms with Crippen molar-refractivity contribution >= 4 is 5.91 Å². The molecule has 7 nitrogen and oxygen atoms in total. The molecule has 1 amide bonds. The zero-order chi connectivity index (χ0) is 18.9. The molecule has 1 aromatic carbocycles. The number of nitrogens with one attached hydrogen (secondary N) is 1. The minimum atomic E-state index is -0.477. The predicted molar refractivity (Wildman–Crippen MR) is 100 cm³/mol. The minimum absolute atomic E-state index is 0.0746. The number of nitrogens with zero attached hydrogens (tertiary/aromatic N) is 3. The zero-order valence-corrected chi connectivity index (χ0v) is 15.9. The van der Waals surface area contributed by atoms with E-state index in [9.17, 15) is 4.79 Å². The Hall–Kier alpha value is -2.38. The highest BCUT2D eigenvalue weighted by Crippen LogP contribution is 2.40. The van der Waals surface area contributed by atoms with Crippen LogP contribution >= 0.6 is 0 Å². The molecule has 7 heteroatoms. The van der Waals surface area contributed by atoms with Gasteiger partial charge in [-0.15, -0.1) is 0 Å². The second-order valence-corrected chi connectivity index (χ2v) is 7.24. The number of carbonyl (C=O) groups is 1. The van der Waals surface area contributed by atoms with Gasteiger partial charge in [-0.05, 0) is 30.5 Å². The highest BCUT2D eigenvalue weighted by Gasteiger charge is 2.46. The fraction of sp³-hybridized carbons (Fsp3) is 0.500. The van der Waals surface area contributed by atoms with Crippen LogP contribution in [0, 0.1) is 0 Å². The molecule has 144 valence electrons. The number of carbonyl (C=O) groups excluding carboxylic acids is 1. The van der Waals surface area contributed by atoms with Crippen molar-refractivity contribution in [3.63, 3.8) is 0 Å². The van der Waals surface area contributed by atoms with Gasteiger partial charge in [0, 0.05) is 39.1 Å².